The Morgan fingerprint density at radius 2 is 2.12 bits per heavy atom. The van der Waals surface area contributed by atoms with Crippen LogP contribution in [0.1, 0.15) is 11.4 Å². The first-order valence-corrected chi connectivity index (χ1v) is 8.40. The van der Waals surface area contributed by atoms with Crippen LogP contribution in [0.5, 0.6) is 0 Å². The van der Waals surface area contributed by atoms with Gasteiger partial charge in [0.15, 0.2) is 5.58 Å². The van der Waals surface area contributed by atoms with Crippen LogP contribution in [0, 0.1) is 6.92 Å². The highest BCUT2D eigenvalue weighted by Crippen LogP contribution is 2.13. The number of hydrogen-bond acceptors (Lipinski definition) is 4. The number of fused-ring (bicyclic) bond motifs is 2. The smallest absolute Gasteiger partial charge is 0.408 e. The Hall–Kier alpha value is -3.35. The third-order valence-corrected chi connectivity index (χ3v) is 4.25. The molecule has 7 nitrogen and oxygen atoms in total. The van der Waals surface area contributed by atoms with Crippen LogP contribution >= 0.6 is 0 Å². The Bertz CT molecular complexity index is 1150. The van der Waals surface area contributed by atoms with Gasteiger partial charge in [-0.1, -0.05) is 18.2 Å². The van der Waals surface area contributed by atoms with Gasteiger partial charge in [-0.25, -0.2) is 9.78 Å². The fourth-order valence-corrected chi connectivity index (χ4v) is 2.98. The van der Waals surface area contributed by atoms with E-state index in [1.165, 1.54) is 10.1 Å². The minimum absolute atomic E-state index is 0.0742. The van der Waals surface area contributed by atoms with Crippen molar-refractivity contribution < 1.29 is 9.21 Å². The summed E-state index contributed by atoms with van der Waals surface area (Å²) in [5.74, 6) is 0.0384. The van der Waals surface area contributed by atoms with Gasteiger partial charge < -0.3 is 14.7 Å². The number of aryl methyl sites for hydroxylation is 1. The molecule has 0 spiro atoms. The van der Waals surface area contributed by atoms with Crippen LogP contribution in [0.15, 0.2) is 51.7 Å². The average molecular weight is 350 g/mol. The van der Waals surface area contributed by atoms with Crippen molar-refractivity contribution in [1.82, 2.24) is 19.9 Å². The molecule has 0 aliphatic heterocycles. The lowest BCUT2D eigenvalue weighted by molar-refractivity contribution is -0.121. The van der Waals surface area contributed by atoms with Crippen LogP contribution in [0.3, 0.4) is 0 Å². The van der Waals surface area contributed by atoms with Gasteiger partial charge in [0.25, 0.3) is 0 Å². The summed E-state index contributed by atoms with van der Waals surface area (Å²) in [6.45, 7) is 2.39. The van der Waals surface area contributed by atoms with Crippen molar-refractivity contribution in [3.05, 3.63) is 64.4 Å². The molecule has 0 unspecified atom stereocenters. The van der Waals surface area contributed by atoms with Crippen molar-refractivity contribution in [1.29, 1.82) is 0 Å². The average Bonchev–Trinajstić information content (AvgIpc) is 3.15. The molecule has 0 aliphatic carbocycles. The maximum atomic E-state index is 12.2. The fourth-order valence-electron chi connectivity index (χ4n) is 2.98. The van der Waals surface area contributed by atoms with Crippen LogP contribution in [-0.4, -0.2) is 27.0 Å². The minimum Gasteiger partial charge on any atom is -0.408 e. The number of nitrogens with zero attached hydrogens (tertiary/aromatic N) is 2. The van der Waals surface area contributed by atoms with Gasteiger partial charge in [-0.05, 0) is 36.8 Å². The predicted octanol–water partition coefficient (Wildman–Crippen LogP) is 2.14. The Balaban J connectivity index is 1.39. The molecule has 0 fully saturated rings. The van der Waals surface area contributed by atoms with Gasteiger partial charge in [0.2, 0.25) is 5.91 Å². The number of carbonyl (C=O) groups excluding carboxylic acids is 1. The molecule has 2 N–H and O–H groups in total. The Labute approximate surface area is 148 Å². The summed E-state index contributed by atoms with van der Waals surface area (Å²) in [5.41, 5.74) is 4.15. The lowest BCUT2D eigenvalue weighted by atomic mass is 10.2. The first kappa shape index (κ1) is 16.1. The molecule has 132 valence electrons. The third kappa shape index (κ3) is 3.11. The highest BCUT2D eigenvalue weighted by molar-refractivity contribution is 5.79. The summed E-state index contributed by atoms with van der Waals surface area (Å²) in [6.07, 6.45) is 0.584. The van der Waals surface area contributed by atoms with E-state index in [1.54, 1.807) is 24.3 Å². The van der Waals surface area contributed by atoms with Crippen LogP contribution in [0.4, 0.5) is 0 Å². The molecule has 0 radical (unpaired) electrons. The maximum Gasteiger partial charge on any atom is 0.420 e. The molecule has 0 atom stereocenters. The standard InChI is InChI=1S/C19H18N4O3/c1-12-6-7-13-14(10-12)22-17(21-13)8-9-20-18(24)11-23-15-4-2-3-5-16(15)26-19(23)25/h2-7,10H,8-9,11H2,1H3,(H,20,24)(H,21,22). The zero-order valence-electron chi connectivity index (χ0n) is 14.3. The summed E-state index contributed by atoms with van der Waals surface area (Å²) in [6, 6.07) is 13.1. The molecule has 2 aromatic heterocycles. The van der Waals surface area contributed by atoms with E-state index >= 15 is 0 Å². The van der Waals surface area contributed by atoms with Gasteiger partial charge in [0.1, 0.15) is 12.4 Å². The second-order valence-corrected chi connectivity index (χ2v) is 6.23. The van der Waals surface area contributed by atoms with E-state index in [-0.39, 0.29) is 12.5 Å². The lowest BCUT2D eigenvalue weighted by Gasteiger charge is -2.04. The molecule has 1 amide bonds. The summed E-state index contributed by atoms with van der Waals surface area (Å²) < 4.78 is 6.46. The molecule has 4 aromatic rings. The van der Waals surface area contributed by atoms with Crippen LogP contribution < -0.4 is 11.1 Å². The van der Waals surface area contributed by atoms with Crippen molar-refractivity contribution in [2.24, 2.45) is 0 Å². The van der Waals surface area contributed by atoms with E-state index < -0.39 is 5.76 Å². The quantitative estimate of drug-likeness (QED) is 0.577. The van der Waals surface area contributed by atoms with E-state index in [4.69, 9.17) is 4.42 Å². The third-order valence-electron chi connectivity index (χ3n) is 4.25. The minimum atomic E-state index is -0.533. The van der Waals surface area contributed by atoms with Crippen molar-refractivity contribution in [2.45, 2.75) is 19.9 Å². The summed E-state index contributed by atoms with van der Waals surface area (Å²) in [5, 5.41) is 2.82. The molecule has 26 heavy (non-hydrogen) atoms. The van der Waals surface area contributed by atoms with E-state index in [0.29, 0.717) is 24.1 Å². The van der Waals surface area contributed by atoms with Crippen molar-refractivity contribution >= 4 is 28.0 Å². The van der Waals surface area contributed by atoms with Crippen LogP contribution in [0.2, 0.25) is 0 Å². The highest BCUT2D eigenvalue weighted by atomic mass is 16.4. The van der Waals surface area contributed by atoms with Crippen molar-refractivity contribution in [3.63, 3.8) is 0 Å². The zero-order valence-corrected chi connectivity index (χ0v) is 14.3. The molecule has 0 saturated heterocycles. The number of H-pyrrole nitrogens is 1. The number of aromatic amines is 1. The summed E-state index contributed by atoms with van der Waals surface area (Å²) in [4.78, 5) is 31.8. The van der Waals surface area contributed by atoms with Crippen LogP contribution in [0.25, 0.3) is 22.1 Å². The van der Waals surface area contributed by atoms with Crippen LogP contribution in [-0.2, 0) is 17.8 Å². The van der Waals surface area contributed by atoms with E-state index in [2.05, 4.69) is 15.3 Å². The number of aromatic nitrogens is 3. The molecule has 0 saturated carbocycles. The number of nitrogens with one attached hydrogen (secondary N) is 2. The molecule has 0 bridgehead atoms. The molecule has 2 heterocycles. The number of oxazole rings is 1. The van der Waals surface area contributed by atoms with E-state index in [0.717, 1.165) is 16.9 Å². The molecule has 7 heteroatoms. The number of amides is 1. The van der Waals surface area contributed by atoms with Crippen molar-refractivity contribution in [3.8, 4) is 0 Å². The summed E-state index contributed by atoms with van der Waals surface area (Å²) >= 11 is 0. The first-order chi connectivity index (χ1) is 12.6. The van der Waals surface area contributed by atoms with E-state index in [9.17, 15) is 9.59 Å². The van der Waals surface area contributed by atoms with Gasteiger partial charge in [0, 0.05) is 13.0 Å². The molecular formula is C19H18N4O3. The van der Waals surface area contributed by atoms with Gasteiger partial charge in [0.05, 0.1) is 16.6 Å². The largest absolute Gasteiger partial charge is 0.420 e. The Kier molecular flexibility index (Phi) is 4.04. The number of hydrogen-bond donors (Lipinski definition) is 2. The van der Waals surface area contributed by atoms with Gasteiger partial charge in [-0.3, -0.25) is 9.36 Å². The van der Waals surface area contributed by atoms with Gasteiger partial charge >= 0.3 is 5.76 Å². The predicted molar refractivity (Wildman–Crippen MR) is 98.0 cm³/mol. The molecule has 0 aliphatic rings. The normalized spacial score (nSPS) is 11.3. The van der Waals surface area contributed by atoms with E-state index in [1.807, 2.05) is 25.1 Å². The number of para-hydroxylation sites is 2. The number of benzene rings is 2. The Morgan fingerprint density at radius 1 is 1.27 bits per heavy atom. The second kappa shape index (κ2) is 6.51. The van der Waals surface area contributed by atoms with Gasteiger partial charge in [-0.15, -0.1) is 0 Å². The number of rotatable bonds is 5. The van der Waals surface area contributed by atoms with Gasteiger partial charge in [-0.2, -0.15) is 0 Å². The maximum absolute atomic E-state index is 12.2. The fraction of sp³-hybridized carbons (Fsp3) is 0.211. The lowest BCUT2D eigenvalue weighted by Crippen LogP contribution is -2.32. The molecule has 2 aromatic carbocycles. The first-order valence-electron chi connectivity index (χ1n) is 8.40. The topological polar surface area (TPSA) is 92.9 Å². The summed E-state index contributed by atoms with van der Waals surface area (Å²) in [7, 11) is 0. The number of imidazole rings is 1. The zero-order chi connectivity index (χ0) is 18.1. The number of carbonyl (C=O) groups is 1. The monoisotopic (exact) mass is 350 g/mol. The molecular weight excluding hydrogens is 332 g/mol. The Morgan fingerprint density at radius 3 is 3.00 bits per heavy atom. The SMILES string of the molecule is Cc1ccc2nc(CCNC(=O)Cn3c(=O)oc4ccccc43)[nH]c2c1. The second-order valence-electron chi connectivity index (χ2n) is 6.23. The molecule has 4 rings (SSSR count). The highest BCUT2D eigenvalue weighted by Gasteiger charge is 2.12. The van der Waals surface area contributed by atoms with Crippen molar-refractivity contribution in [2.75, 3.05) is 6.54 Å².